The van der Waals surface area contributed by atoms with E-state index in [-0.39, 0.29) is 0 Å². The fourth-order valence-corrected chi connectivity index (χ4v) is 3.50. The zero-order valence-corrected chi connectivity index (χ0v) is 8.32. The van der Waals surface area contributed by atoms with Gasteiger partial charge in [0.25, 0.3) is 0 Å². The summed E-state index contributed by atoms with van der Waals surface area (Å²) in [6, 6.07) is 0. The van der Waals surface area contributed by atoms with Crippen LogP contribution in [-0.4, -0.2) is 23.4 Å². The van der Waals surface area contributed by atoms with Gasteiger partial charge in [-0.15, -0.1) is 0 Å². The van der Waals surface area contributed by atoms with Crippen LogP contribution in [0.25, 0.3) is 0 Å². The summed E-state index contributed by atoms with van der Waals surface area (Å²) in [4.78, 5) is 0. The molecule has 76 valence electrons. The van der Waals surface area contributed by atoms with E-state index in [1.54, 1.807) is 0 Å². The minimum atomic E-state index is 0.331. The van der Waals surface area contributed by atoms with Crippen LogP contribution >= 0.6 is 0 Å². The molecule has 0 aromatic heterocycles. The Morgan fingerprint density at radius 1 is 1.15 bits per heavy atom. The van der Waals surface area contributed by atoms with Crippen LogP contribution in [0.4, 0.5) is 0 Å². The van der Waals surface area contributed by atoms with Gasteiger partial charge in [0.05, 0.1) is 0 Å². The molecule has 2 saturated carbocycles. The highest BCUT2D eigenvalue weighted by Crippen LogP contribution is 2.53. The van der Waals surface area contributed by atoms with Crippen LogP contribution < -0.4 is 0 Å². The number of hydrogen-bond acceptors (Lipinski definition) is 2. The summed E-state index contributed by atoms with van der Waals surface area (Å²) >= 11 is 0. The van der Waals surface area contributed by atoms with Crippen molar-refractivity contribution in [2.24, 2.45) is 29.6 Å². The van der Waals surface area contributed by atoms with Gasteiger partial charge in [0.2, 0.25) is 0 Å². The largest absolute Gasteiger partial charge is 0.396 e. The summed E-state index contributed by atoms with van der Waals surface area (Å²) in [7, 11) is 0. The van der Waals surface area contributed by atoms with Gasteiger partial charge in [0, 0.05) is 13.2 Å². The van der Waals surface area contributed by atoms with Gasteiger partial charge in [0.15, 0.2) is 0 Å². The topological polar surface area (TPSA) is 40.5 Å². The fourth-order valence-electron chi connectivity index (χ4n) is 3.50. The molecule has 0 heterocycles. The Kier molecular flexibility index (Phi) is 2.61. The Hall–Kier alpha value is -0.0800. The first-order valence-corrected chi connectivity index (χ1v) is 5.48. The third kappa shape index (κ3) is 1.50. The molecular weight excluding hydrogens is 164 g/mol. The summed E-state index contributed by atoms with van der Waals surface area (Å²) in [5, 5.41) is 18.2. The molecule has 2 aliphatic rings. The van der Waals surface area contributed by atoms with Crippen molar-refractivity contribution in [2.75, 3.05) is 13.2 Å². The number of hydrogen-bond donors (Lipinski definition) is 2. The summed E-state index contributed by atoms with van der Waals surface area (Å²) in [5.41, 5.74) is 0. The van der Waals surface area contributed by atoms with E-state index in [4.69, 9.17) is 10.2 Å². The molecular formula is C11H20O2. The summed E-state index contributed by atoms with van der Waals surface area (Å²) in [6.07, 6.45) is 3.76. The molecule has 0 aromatic rings. The second kappa shape index (κ2) is 3.58. The molecule has 13 heavy (non-hydrogen) atoms. The molecule has 0 amide bonds. The van der Waals surface area contributed by atoms with Crippen LogP contribution in [0.1, 0.15) is 26.2 Å². The predicted molar refractivity (Wildman–Crippen MR) is 51.1 cm³/mol. The Morgan fingerprint density at radius 3 is 2.38 bits per heavy atom. The fraction of sp³-hybridized carbons (Fsp3) is 1.00. The van der Waals surface area contributed by atoms with E-state index in [0.717, 1.165) is 17.8 Å². The minimum absolute atomic E-state index is 0.331. The first-order valence-electron chi connectivity index (χ1n) is 5.48. The van der Waals surface area contributed by atoms with E-state index in [9.17, 15) is 0 Å². The van der Waals surface area contributed by atoms with Gasteiger partial charge < -0.3 is 10.2 Å². The van der Waals surface area contributed by atoms with Crippen molar-refractivity contribution in [3.8, 4) is 0 Å². The Morgan fingerprint density at radius 2 is 1.92 bits per heavy atom. The van der Waals surface area contributed by atoms with Gasteiger partial charge in [-0.3, -0.25) is 0 Å². The lowest BCUT2D eigenvalue weighted by Crippen LogP contribution is -2.26. The van der Waals surface area contributed by atoms with E-state index in [0.29, 0.717) is 25.0 Å². The average molecular weight is 184 g/mol. The Balaban J connectivity index is 1.95. The molecule has 0 aliphatic heterocycles. The van der Waals surface area contributed by atoms with Gasteiger partial charge in [-0.25, -0.2) is 0 Å². The van der Waals surface area contributed by atoms with Crippen LogP contribution in [0, 0.1) is 29.6 Å². The molecule has 0 radical (unpaired) electrons. The monoisotopic (exact) mass is 184 g/mol. The molecule has 0 aromatic carbocycles. The third-order valence-corrected chi connectivity index (χ3v) is 4.31. The van der Waals surface area contributed by atoms with Gasteiger partial charge in [0.1, 0.15) is 0 Å². The number of aliphatic hydroxyl groups excluding tert-OH is 2. The molecule has 2 nitrogen and oxygen atoms in total. The van der Waals surface area contributed by atoms with Gasteiger partial charge >= 0.3 is 0 Å². The molecule has 5 unspecified atom stereocenters. The summed E-state index contributed by atoms with van der Waals surface area (Å²) in [5.74, 6) is 3.33. The van der Waals surface area contributed by atoms with Crippen LogP contribution in [0.2, 0.25) is 0 Å². The molecule has 2 N–H and O–H groups in total. The molecule has 2 rings (SSSR count). The van der Waals surface area contributed by atoms with E-state index in [1.165, 1.54) is 19.3 Å². The van der Waals surface area contributed by atoms with Crippen molar-refractivity contribution in [3.63, 3.8) is 0 Å². The van der Waals surface area contributed by atoms with Crippen LogP contribution in [0.5, 0.6) is 0 Å². The molecule has 2 bridgehead atoms. The smallest absolute Gasteiger partial charge is 0.0462 e. The van der Waals surface area contributed by atoms with Crippen molar-refractivity contribution < 1.29 is 10.2 Å². The predicted octanol–water partition coefficient (Wildman–Crippen LogP) is 1.27. The van der Waals surface area contributed by atoms with Crippen molar-refractivity contribution in [1.29, 1.82) is 0 Å². The average Bonchev–Trinajstić information content (AvgIpc) is 2.74. The molecule has 0 spiro atoms. The van der Waals surface area contributed by atoms with Crippen molar-refractivity contribution >= 4 is 0 Å². The lowest BCUT2D eigenvalue weighted by molar-refractivity contribution is 0.109. The lowest BCUT2D eigenvalue weighted by Gasteiger charge is -2.30. The lowest BCUT2D eigenvalue weighted by atomic mass is 9.77. The van der Waals surface area contributed by atoms with E-state index in [2.05, 4.69) is 6.92 Å². The standard InChI is InChI=1S/C11H20O2/c1-7(5-12)11-4-8-2-9(11)3-10(8)6-13/h7-13H,2-6H2,1H3. The van der Waals surface area contributed by atoms with Crippen molar-refractivity contribution in [1.82, 2.24) is 0 Å². The van der Waals surface area contributed by atoms with Crippen LogP contribution in [0.15, 0.2) is 0 Å². The molecule has 2 fully saturated rings. The highest BCUT2D eigenvalue weighted by Gasteiger charge is 2.46. The van der Waals surface area contributed by atoms with Crippen molar-refractivity contribution in [3.05, 3.63) is 0 Å². The molecule has 2 heteroatoms. The zero-order valence-electron chi connectivity index (χ0n) is 8.32. The van der Waals surface area contributed by atoms with Gasteiger partial charge in [-0.1, -0.05) is 6.92 Å². The summed E-state index contributed by atoms with van der Waals surface area (Å²) < 4.78 is 0. The minimum Gasteiger partial charge on any atom is -0.396 e. The highest BCUT2D eigenvalue weighted by atomic mass is 16.3. The first-order chi connectivity index (χ1) is 6.26. The van der Waals surface area contributed by atoms with Gasteiger partial charge in [-0.2, -0.15) is 0 Å². The van der Waals surface area contributed by atoms with Crippen LogP contribution in [0.3, 0.4) is 0 Å². The zero-order chi connectivity index (χ0) is 9.42. The number of fused-ring (bicyclic) bond motifs is 2. The number of aliphatic hydroxyl groups is 2. The van der Waals surface area contributed by atoms with Crippen LogP contribution in [-0.2, 0) is 0 Å². The van der Waals surface area contributed by atoms with Gasteiger partial charge in [-0.05, 0) is 48.9 Å². The quantitative estimate of drug-likeness (QED) is 0.693. The maximum absolute atomic E-state index is 9.12. The normalized spacial score (nSPS) is 45.5. The van der Waals surface area contributed by atoms with Crippen molar-refractivity contribution in [2.45, 2.75) is 26.2 Å². The molecule has 5 atom stereocenters. The molecule has 2 aliphatic carbocycles. The SMILES string of the molecule is CC(CO)C1CC2CC1CC2CO. The van der Waals surface area contributed by atoms with E-state index >= 15 is 0 Å². The summed E-state index contributed by atoms with van der Waals surface area (Å²) in [6.45, 7) is 2.86. The van der Waals surface area contributed by atoms with E-state index < -0.39 is 0 Å². The first kappa shape index (κ1) is 9.47. The second-order valence-corrected chi connectivity index (χ2v) is 4.99. The molecule has 0 saturated heterocycles. The Labute approximate surface area is 80.0 Å². The second-order valence-electron chi connectivity index (χ2n) is 4.99. The third-order valence-electron chi connectivity index (χ3n) is 4.31. The maximum atomic E-state index is 9.12. The highest BCUT2D eigenvalue weighted by molar-refractivity contribution is 4.96. The number of rotatable bonds is 3. The maximum Gasteiger partial charge on any atom is 0.0462 e. The van der Waals surface area contributed by atoms with E-state index in [1.807, 2.05) is 0 Å². The Bertz CT molecular complexity index is 181.